The molecule has 2 amide bonds. The number of likely N-dealkylation sites (tertiary alicyclic amines) is 1. The van der Waals surface area contributed by atoms with Gasteiger partial charge in [0.25, 0.3) is 5.91 Å². The minimum Gasteiger partial charge on any atom is -0.383 e. The van der Waals surface area contributed by atoms with E-state index in [1.54, 1.807) is 0 Å². The number of nitrogens with zero attached hydrogens (tertiary/aromatic N) is 3. The molecular weight excluding hydrogens is 414 g/mol. The Labute approximate surface area is 196 Å². The first kappa shape index (κ1) is 24.3. The molecule has 2 heterocycles. The van der Waals surface area contributed by atoms with Crippen LogP contribution < -0.4 is 11.1 Å². The van der Waals surface area contributed by atoms with Crippen molar-refractivity contribution < 1.29 is 9.59 Å². The Morgan fingerprint density at radius 1 is 1.06 bits per heavy atom. The molecule has 2 aliphatic heterocycles. The van der Waals surface area contributed by atoms with Crippen molar-refractivity contribution in [3.05, 3.63) is 65.1 Å². The number of carbonyl (C=O) groups is 2. The summed E-state index contributed by atoms with van der Waals surface area (Å²) in [6, 6.07) is 9.24. The molecule has 7 nitrogen and oxygen atoms in total. The van der Waals surface area contributed by atoms with E-state index in [1.807, 2.05) is 73.2 Å². The van der Waals surface area contributed by atoms with Gasteiger partial charge in [-0.3, -0.25) is 9.59 Å². The first-order valence-electron chi connectivity index (χ1n) is 11.8. The highest BCUT2D eigenvalue weighted by atomic mass is 16.2. The van der Waals surface area contributed by atoms with E-state index >= 15 is 0 Å². The number of hydrogen-bond donors (Lipinski definition) is 2. The van der Waals surface area contributed by atoms with Gasteiger partial charge in [-0.05, 0) is 49.8 Å². The molecule has 0 spiro atoms. The second-order valence-electron chi connectivity index (χ2n) is 8.41. The Morgan fingerprint density at radius 2 is 1.76 bits per heavy atom. The number of anilines is 1. The molecule has 33 heavy (non-hydrogen) atoms. The number of carbonyl (C=O) groups excluding carboxylic acids is 2. The third-order valence-electron chi connectivity index (χ3n) is 6.07. The van der Waals surface area contributed by atoms with Crippen LogP contribution in [0.4, 0.5) is 5.69 Å². The zero-order chi connectivity index (χ0) is 23.8. The second kappa shape index (κ2) is 11.5. The second-order valence-corrected chi connectivity index (χ2v) is 8.41. The number of rotatable bonds is 7. The Kier molecular flexibility index (Phi) is 8.46. The number of hydrogen-bond acceptors (Lipinski definition) is 5. The normalized spacial score (nSPS) is 17.7. The molecule has 2 aliphatic rings. The minimum atomic E-state index is -0.344. The summed E-state index contributed by atoms with van der Waals surface area (Å²) in [7, 11) is 1.85. The summed E-state index contributed by atoms with van der Waals surface area (Å²) in [5.41, 5.74) is 9.65. The highest BCUT2D eigenvalue weighted by molar-refractivity contribution is 6.10. The summed E-state index contributed by atoms with van der Waals surface area (Å²) in [5.74, 6) is 0.120. The predicted molar refractivity (Wildman–Crippen MR) is 134 cm³/mol. The summed E-state index contributed by atoms with van der Waals surface area (Å²) >= 11 is 0. The fraction of sp³-hybridized carbons (Fsp3) is 0.423. The van der Waals surface area contributed by atoms with Crippen LogP contribution in [0, 0.1) is 0 Å². The van der Waals surface area contributed by atoms with Gasteiger partial charge in [0, 0.05) is 31.4 Å². The van der Waals surface area contributed by atoms with Crippen molar-refractivity contribution in [2.45, 2.75) is 46.0 Å². The van der Waals surface area contributed by atoms with Gasteiger partial charge in [-0.25, -0.2) is 4.99 Å². The van der Waals surface area contributed by atoms with Crippen molar-refractivity contribution in [1.82, 2.24) is 9.80 Å². The molecule has 0 atom stereocenters. The number of piperidine rings is 1. The Balaban J connectivity index is 1.84. The quantitative estimate of drug-likeness (QED) is 0.489. The molecule has 0 aromatic heterocycles. The zero-order valence-electron chi connectivity index (χ0n) is 19.9. The number of para-hydroxylation sites is 1. The van der Waals surface area contributed by atoms with Crippen LogP contribution in [0.1, 0.15) is 46.0 Å². The topological polar surface area (TPSA) is 91.0 Å². The molecule has 3 rings (SSSR count). The van der Waals surface area contributed by atoms with Gasteiger partial charge in [0.1, 0.15) is 5.82 Å². The Hall–Kier alpha value is -3.35. The van der Waals surface area contributed by atoms with Crippen molar-refractivity contribution in [3.8, 4) is 0 Å². The van der Waals surface area contributed by atoms with Crippen molar-refractivity contribution >= 4 is 23.2 Å². The highest BCUT2D eigenvalue weighted by Gasteiger charge is 2.24. The molecule has 0 aliphatic carbocycles. The molecule has 1 saturated heterocycles. The van der Waals surface area contributed by atoms with Crippen LogP contribution in [0.2, 0.25) is 0 Å². The largest absolute Gasteiger partial charge is 0.383 e. The zero-order valence-corrected chi connectivity index (χ0v) is 19.9. The molecule has 7 heteroatoms. The predicted octanol–water partition coefficient (Wildman–Crippen LogP) is 3.82. The van der Waals surface area contributed by atoms with Crippen LogP contribution >= 0.6 is 0 Å². The molecule has 0 bridgehead atoms. The lowest BCUT2D eigenvalue weighted by molar-refractivity contribution is -0.128. The van der Waals surface area contributed by atoms with Crippen molar-refractivity contribution in [2.75, 3.05) is 32.0 Å². The monoisotopic (exact) mass is 449 g/mol. The van der Waals surface area contributed by atoms with E-state index in [-0.39, 0.29) is 17.5 Å². The number of nitrogens with one attached hydrogen (secondary N) is 1. The van der Waals surface area contributed by atoms with E-state index in [9.17, 15) is 9.59 Å². The van der Waals surface area contributed by atoms with Gasteiger partial charge >= 0.3 is 0 Å². The van der Waals surface area contributed by atoms with Gasteiger partial charge in [0.2, 0.25) is 5.91 Å². The number of allylic oxidation sites excluding steroid dienone is 2. The highest BCUT2D eigenvalue weighted by Crippen LogP contribution is 2.20. The van der Waals surface area contributed by atoms with Crippen molar-refractivity contribution in [1.29, 1.82) is 0 Å². The number of amides is 2. The fourth-order valence-electron chi connectivity index (χ4n) is 4.03. The van der Waals surface area contributed by atoms with Gasteiger partial charge in [0.05, 0.1) is 12.3 Å². The van der Waals surface area contributed by atoms with Crippen LogP contribution in [0.15, 0.2) is 70.1 Å². The first-order chi connectivity index (χ1) is 15.9. The minimum absolute atomic E-state index is 0.124. The molecule has 0 unspecified atom stereocenters. The molecule has 0 radical (unpaired) electrons. The fourth-order valence-corrected chi connectivity index (χ4v) is 4.03. The van der Waals surface area contributed by atoms with Gasteiger partial charge < -0.3 is 20.9 Å². The van der Waals surface area contributed by atoms with E-state index in [2.05, 4.69) is 10.3 Å². The average molecular weight is 450 g/mol. The summed E-state index contributed by atoms with van der Waals surface area (Å²) in [6.07, 6.45) is 8.63. The molecule has 0 saturated carbocycles. The van der Waals surface area contributed by atoms with Crippen molar-refractivity contribution in [2.24, 2.45) is 10.7 Å². The molecular formula is C26H35N5O2. The maximum absolute atomic E-state index is 12.9. The van der Waals surface area contributed by atoms with Crippen molar-refractivity contribution in [3.63, 3.8) is 0 Å². The van der Waals surface area contributed by atoms with Gasteiger partial charge in [-0.15, -0.1) is 0 Å². The Bertz CT molecular complexity index is 985. The third kappa shape index (κ3) is 6.12. The number of nitrogens with two attached hydrogens (primary N) is 1. The SMILES string of the molecule is CC/C(=C\C=C(/CC)C1=NC(C(=O)Nc2ccccc2)=C(N)N(C)C1)C(=O)N1CCCCC1. The Morgan fingerprint density at radius 3 is 2.39 bits per heavy atom. The van der Waals surface area contributed by atoms with E-state index < -0.39 is 0 Å². The van der Waals surface area contributed by atoms with Crippen LogP contribution in [-0.2, 0) is 9.59 Å². The molecule has 1 aromatic rings. The average Bonchev–Trinajstić information content (AvgIpc) is 2.84. The summed E-state index contributed by atoms with van der Waals surface area (Å²) in [4.78, 5) is 34.3. The van der Waals surface area contributed by atoms with Gasteiger partial charge in [-0.1, -0.05) is 44.2 Å². The van der Waals surface area contributed by atoms with Crippen LogP contribution in [0.5, 0.6) is 0 Å². The van der Waals surface area contributed by atoms with Gasteiger partial charge in [0.15, 0.2) is 5.70 Å². The van der Waals surface area contributed by atoms with Crippen LogP contribution in [0.3, 0.4) is 0 Å². The first-order valence-corrected chi connectivity index (χ1v) is 11.8. The smallest absolute Gasteiger partial charge is 0.278 e. The molecule has 176 valence electrons. The maximum Gasteiger partial charge on any atom is 0.278 e. The lowest BCUT2D eigenvalue weighted by Gasteiger charge is -2.28. The summed E-state index contributed by atoms with van der Waals surface area (Å²) in [5, 5.41) is 2.86. The van der Waals surface area contributed by atoms with E-state index in [4.69, 9.17) is 5.73 Å². The summed E-state index contributed by atoms with van der Waals surface area (Å²) < 4.78 is 0. The molecule has 1 fully saturated rings. The van der Waals surface area contributed by atoms with E-state index in [0.29, 0.717) is 24.5 Å². The maximum atomic E-state index is 12.9. The summed E-state index contributed by atoms with van der Waals surface area (Å²) in [6.45, 7) is 6.23. The standard InChI is InChI=1S/C26H35N5O2/c1-4-19(14-15-20(5-2)26(33)31-16-10-7-11-17-31)22-18-30(3)24(27)23(29-22)25(32)28-21-12-8-6-9-13-21/h6,8-9,12-15H,4-5,7,10-11,16-18,27H2,1-3H3,(H,28,32)/b19-14+,20-15+. The number of benzene rings is 1. The van der Waals surface area contributed by atoms with Crippen LogP contribution in [-0.4, -0.2) is 54.0 Å². The van der Waals surface area contributed by atoms with E-state index in [0.717, 1.165) is 49.2 Å². The number of aliphatic imine (C=N–C) groups is 1. The molecule has 1 aromatic carbocycles. The molecule has 3 N–H and O–H groups in total. The van der Waals surface area contributed by atoms with Crippen LogP contribution in [0.25, 0.3) is 0 Å². The third-order valence-corrected chi connectivity index (χ3v) is 6.07. The lowest BCUT2D eigenvalue weighted by atomic mass is 10.0. The lowest BCUT2D eigenvalue weighted by Crippen LogP contribution is -2.37. The van der Waals surface area contributed by atoms with E-state index in [1.165, 1.54) is 6.42 Å². The van der Waals surface area contributed by atoms with Gasteiger partial charge in [-0.2, -0.15) is 0 Å².